The Balaban J connectivity index is -0.0000000150. The normalized spacial score (nSPS) is 4.29. The van der Waals surface area contributed by atoms with E-state index in [0.717, 1.165) is 6.42 Å². The van der Waals surface area contributed by atoms with E-state index in [0.29, 0.717) is 0 Å². The molecule has 0 aliphatic heterocycles. The summed E-state index contributed by atoms with van der Waals surface area (Å²) in [7, 11) is 0. The van der Waals surface area contributed by atoms with Crippen molar-refractivity contribution in [2.45, 2.75) is 19.8 Å². The van der Waals surface area contributed by atoms with Gasteiger partial charge in [0, 0.05) is 0 Å². The van der Waals surface area contributed by atoms with Crippen LogP contribution in [-0.4, -0.2) is 11.0 Å². The fourth-order valence-electron chi connectivity index (χ4n) is 0. The van der Waals surface area contributed by atoms with E-state index in [-0.39, 0.29) is 37.2 Å². The zero-order valence-electron chi connectivity index (χ0n) is 4.52. The van der Waals surface area contributed by atoms with Gasteiger partial charge < -0.3 is 17.9 Å². The van der Waals surface area contributed by atoms with Crippen LogP contribution in [0.15, 0.2) is 0 Å². The van der Waals surface area contributed by atoms with Crippen LogP contribution in [0.3, 0.4) is 0 Å². The first-order chi connectivity index (χ1) is 1.91. The van der Waals surface area contributed by atoms with Crippen molar-refractivity contribution in [3.8, 4) is 0 Å². The zero-order valence-corrected chi connectivity index (χ0v) is 6.97. The van der Waals surface area contributed by atoms with Crippen LogP contribution in [0.2, 0.25) is 0 Å². The van der Waals surface area contributed by atoms with Crippen molar-refractivity contribution in [3.63, 3.8) is 0 Å². The number of hydrogen-bond acceptors (Lipinski definition) is 2. The maximum atomic E-state index is 3.60. The van der Waals surface area contributed by atoms with E-state index in [9.17, 15) is 0 Å². The van der Waals surface area contributed by atoms with Crippen LogP contribution in [0.1, 0.15) is 19.8 Å². The molecule has 0 aliphatic rings. The Bertz CT molecular complexity index is 11.7. The summed E-state index contributed by atoms with van der Waals surface area (Å²) in [5, 5.41) is 0. The molecule has 0 saturated carbocycles. The largest absolute Gasteiger partial charge is 3.00 e. The summed E-state index contributed by atoms with van der Waals surface area (Å²) >= 11 is 0. The fraction of sp³-hybridized carbons (Fsp3) is 0.750. The smallest absolute Gasteiger partial charge is 0.870 e. The second kappa shape index (κ2) is 29.2. The molecule has 0 aromatic carbocycles. The van der Waals surface area contributed by atoms with Crippen molar-refractivity contribution in [1.82, 2.24) is 0 Å². The summed E-state index contributed by atoms with van der Waals surface area (Å²) in [6, 6.07) is 0. The molecule has 0 spiro atoms. The van der Waals surface area contributed by atoms with Crippen LogP contribution in [0.4, 0.5) is 0 Å². The van der Waals surface area contributed by atoms with E-state index < -0.39 is 0 Å². The molecule has 0 aliphatic carbocycles. The van der Waals surface area contributed by atoms with Gasteiger partial charge in [0.25, 0.3) is 0 Å². The first-order valence-electron chi connectivity index (χ1n) is 1.71. The van der Waals surface area contributed by atoms with Crippen LogP contribution in [0.5, 0.6) is 0 Å². The molecule has 0 unspecified atom stereocenters. The second-order valence-electron chi connectivity index (χ2n) is 0.854. The summed E-state index contributed by atoms with van der Waals surface area (Å²) in [4.78, 5) is 0. The Hall–Kier alpha value is 0.803. The molecule has 0 heterocycles. The summed E-state index contributed by atoms with van der Waals surface area (Å²) in [6.45, 7) is 5.72. The van der Waals surface area contributed by atoms with Gasteiger partial charge in [0.1, 0.15) is 0 Å². The molecule has 0 rings (SSSR count). The van der Waals surface area contributed by atoms with E-state index in [1.807, 2.05) is 0 Å². The van der Waals surface area contributed by atoms with Crippen LogP contribution >= 0.6 is 0 Å². The van der Waals surface area contributed by atoms with Crippen molar-refractivity contribution in [2.75, 3.05) is 0 Å². The molecule has 43 valence electrons. The molecule has 7 heavy (non-hydrogen) atoms. The maximum absolute atomic E-state index is 3.60. The quantitative estimate of drug-likeness (QED) is 0.573. The van der Waals surface area contributed by atoms with Crippen molar-refractivity contribution in [1.29, 1.82) is 0 Å². The molecule has 0 saturated heterocycles. The third-order valence-electron chi connectivity index (χ3n) is 0.354. The van der Waals surface area contributed by atoms with Gasteiger partial charge in [-0.3, -0.25) is 0 Å². The number of hydrogen-bond donors (Lipinski definition) is 0. The van der Waals surface area contributed by atoms with Crippen LogP contribution in [-0.2, 0) is 26.2 Å². The van der Waals surface area contributed by atoms with Crippen LogP contribution in [0.25, 0.3) is 0 Å². The molecular weight excluding hydrogens is 171 g/mol. The molecule has 0 bridgehead atoms. The molecule has 2 nitrogen and oxygen atoms in total. The topological polar surface area (TPSA) is 60.0 Å². The van der Waals surface area contributed by atoms with E-state index in [1.54, 1.807) is 0 Å². The third-order valence-corrected chi connectivity index (χ3v) is 0.354. The fourth-order valence-corrected chi connectivity index (χ4v) is 0. The molecule has 3 heteroatoms. The van der Waals surface area contributed by atoms with Gasteiger partial charge in [0.15, 0.2) is 0 Å². The molecule has 0 aromatic rings. The van der Waals surface area contributed by atoms with E-state index in [2.05, 4.69) is 13.8 Å². The van der Waals surface area contributed by atoms with Crippen molar-refractivity contribution < 1.29 is 37.2 Å². The van der Waals surface area contributed by atoms with Gasteiger partial charge in [-0.1, -0.05) is 13.3 Å². The predicted octanol–water partition coefficient (Wildman–Crippen LogP) is 1.26. The van der Waals surface area contributed by atoms with Crippen molar-refractivity contribution in [2.24, 2.45) is 0 Å². The number of rotatable bonds is 1. The average Bonchev–Trinajstić information content (AvgIpc) is 1.37. The van der Waals surface area contributed by atoms with E-state index in [1.165, 1.54) is 6.42 Å². The second-order valence-corrected chi connectivity index (χ2v) is 0.854. The van der Waals surface area contributed by atoms with Gasteiger partial charge in [-0.25, -0.2) is 0 Å². The molecule has 0 fully saturated rings. The average molecular weight is 182 g/mol. The monoisotopic (exact) mass is 181 g/mol. The van der Waals surface area contributed by atoms with Crippen molar-refractivity contribution >= 4 is 0 Å². The first kappa shape index (κ1) is 25.0. The standard InChI is InChI=1S/C4H9.2H2O.Zr/c1-3-4-2;;;/h1,3-4H2,2H3;2*1H2;/q-1;;;+3/p-2. The Morgan fingerprint density at radius 1 is 1.29 bits per heavy atom. The molecular formula is C4H11O2Zr. The first-order valence-corrected chi connectivity index (χ1v) is 1.71. The molecule has 1 radical (unpaired) electrons. The minimum absolute atomic E-state index is 0. The predicted molar refractivity (Wildman–Crippen MR) is 24.1 cm³/mol. The molecule has 0 amide bonds. The molecule has 0 aromatic heterocycles. The molecule has 2 N–H and O–H groups in total. The van der Waals surface area contributed by atoms with Gasteiger partial charge in [-0.15, -0.1) is 0 Å². The minimum Gasteiger partial charge on any atom is -0.870 e. The summed E-state index contributed by atoms with van der Waals surface area (Å²) in [6.07, 6.45) is 2.28. The van der Waals surface area contributed by atoms with Gasteiger partial charge in [-0.05, 0) is 0 Å². The SMILES string of the molecule is [CH2-]CCC.[OH-].[OH-].[Zr+3]. The van der Waals surface area contributed by atoms with Crippen LogP contribution < -0.4 is 0 Å². The van der Waals surface area contributed by atoms with E-state index >= 15 is 0 Å². The molecule has 0 atom stereocenters. The van der Waals surface area contributed by atoms with Crippen molar-refractivity contribution in [3.05, 3.63) is 6.92 Å². The van der Waals surface area contributed by atoms with Crippen LogP contribution in [0, 0.1) is 6.92 Å². The van der Waals surface area contributed by atoms with Gasteiger partial charge in [-0.2, -0.15) is 6.42 Å². The summed E-state index contributed by atoms with van der Waals surface area (Å²) in [5.41, 5.74) is 0. The van der Waals surface area contributed by atoms with Gasteiger partial charge >= 0.3 is 26.2 Å². The Morgan fingerprint density at radius 3 is 1.43 bits per heavy atom. The minimum atomic E-state index is 0. The van der Waals surface area contributed by atoms with Gasteiger partial charge in [0.05, 0.1) is 0 Å². The summed E-state index contributed by atoms with van der Waals surface area (Å²) < 4.78 is 0. The third kappa shape index (κ3) is 48.3. The maximum Gasteiger partial charge on any atom is 3.00 e. The van der Waals surface area contributed by atoms with E-state index in [4.69, 9.17) is 0 Å². The zero-order chi connectivity index (χ0) is 3.41. The Labute approximate surface area is 64.0 Å². The Kier molecular flexibility index (Phi) is 104. The Morgan fingerprint density at radius 2 is 1.43 bits per heavy atom. The van der Waals surface area contributed by atoms with Gasteiger partial charge in [0.2, 0.25) is 0 Å². The number of unbranched alkanes of at least 4 members (excludes halogenated alkanes) is 1. The summed E-state index contributed by atoms with van der Waals surface area (Å²) in [5.74, 6) is 0.